The number of aliphatic hydroxyl groups is 1. The number of anilines is 1. The Morgan fingerprint density at radius 3 is 2.26 bits per heavy atom. The van der Waals surface area contributed by atoms with Crippen molar-refractivity contribution in [1.82, 2.24) is 5.16 Å². The summed E-state index contributed by atoms with van der Waals surface area (Å²) in [7, 11) is 3.01. The number of carbonyl (C=O) groups is 2. The first-order valence-corrected chi connectivity index (χ1v) is 11.6. The molecule has 8 nitrogen and oxygen atoms in total. The molecule has 4 rings (SSSR count). The second-order valence-electron chi connectivity index (χ2n) is 9.09. The SMILES string of the molecule is COc1ccc([C@H]2/C(=C(\O)c3ccc(Br)cc3)C(=O)C(=O)N2c2cc(C(C)(C)C)on2)cc1OC. The third kappa shape index (κ3) is 4.43. The number of hydrogen-bond acceptors (Lipinski definition) is 7. The molecule has 0 unspecified atom stereocenters. The number of hydrogen-bond donors (Lipinski definition) is 1. The van der Waals surface area contributed by atoms with Gasteiger partial charge in [-0.05, 0) is 29.8 Å². The van der Waals surface area contributed by atoms with E-state index < -0.39 is 17.7 Å². The van der Waals surface area contributed by atoms with E-state index in [9.17, 15) is 14.7 Å². The highest BCUT2D eigenvalue weighted by molar-refractivity contribution is 9.10. The molecule has 1 amide bonds. The van der Waals surface area contributed by atoms with Gasteiger partial charge >= 0.3 is 5.91 Å². The van der Waals surface area contributed by atoms with Crippen molar-refractivity contribution in [2.45, 2.75) is 32.2 Å². The maximum atomic E-state index is 13.3. The number of halogens is 1. The minimum Gasteiger partial charge on any atom is -0.507 e. The van der Waals surface area contributed by atoms with Gasteiger partial charge in [0, 0.05) is 21.5 Å². The van der Waals surface area contributed by atoms with Crippen molar-refractivity contribution in [2.24, 2.45) is 0 Å². The number of aromatic nitrogens is 1. The standard InChI is InChI=1S/C26H25BrN2O6/c1-26(2,3)19-13-20(28-35-19)29-22(15-8-11-17(33-4)18(12-15)34-5)21(24(31)25(29)32)23(30)14-6-9-16(27)10-7-14/h6-13,22,30H,1-5H3/b23-21+/t22-/m0/s1. The summed E-state index contributed by atoms with van der Waals surface area (Å²) in [6.45, 7) is 5.85. The highest BCUT2D eigenvalue weighted by Crippen LogP contribution is 2.44. The van der Waals surface area contributed by atoms with Crippen LogP contribution in [0.1, 0.15) is 43.7 Å². The summed E-state index contributed by atoms with van der Waals surface area (Å²) in [5.74, 6) is -0.326. The van der Waals surface area contributed by atoms with Gasteiger partial charge in [0.25, 0.3) is 5.78 Å². The van der Waals surface area contributed by atoms with Gasteiger partial charge in [-0.1, -0.05) is 60.1 Å². The number of amides is 1. The molecule has 0 saturated carbocycles. The Balaban J connectivity index is 1.95. The molecule has 1 N–H and O–H groups in total. The molecule has 0 bridgehead atoms. The van der Waals surface area contributed by atoms with Crippen LogP contribution < -0.4 is 14.4 Å². The van der Waals surface area contributed by atoms with Crippen LogP contribution in [0.2, 0.25) is 0 Å². The lowest BCUT2D eigenvalue weighted by Crippen LogP contribution is -2.29. The molecule has 2 aromatic carbocycles. The topological polar surface area (TPSA) is 102 Å². The van der Waals surface area contributed by atoms with Crippen molar-refractivity contribution in [3.63, 3.8) is 0 Å². The molecule has 1 aliphatic heterocycles. The molecule has 0 aliphatic carbocycles. The highest BCUT2D eigenvalue weighted by Gasteiger charge is 2.48. The summed E-state index contributed by atoms with van der Waals surface area (Å²) in [6.07, 6.45) is 0. The first-order chi connectivity index (χ1) is 16.6. The molecule has 1 aliphatic rings. The number of ketones is 1. The lowest BCUT2D eigenvalue weighted by molar-refractivity contribution is -0.132. The van der Waals surface area contributed by atoms with E-state index in [4.69, 9.17) is 14.0 Å². The summed E-state index contributed by atoms with van der Waals surface area (Å²) in [4.78, 5) is 27.9. The quantitative estimate of drug-likeness (QED) is 0.263. The fraction of sp³-hybridized carbons (Fsp3) is 0.269. The van der Waals surface area contributed by atoms with Gasteiger partial charge in [-0.25, -0.2) is 0 Å². The zero-order valence-electron chi connectivity index (χ0n) is 20.0. The largest absolute Gasteiger partial charge is 0.507 e. The molecule has 0 radical (unpaired) electrons. The molecule has 2 heterocycles. The number of methoxy groups -OCH3 is 2. The van der Waals surface area contributed by atoms with Gasteiger partial charge in [0.1, 0.15) is 11.5 Å². The average Bonchev–Trinajstić information content (AvgIpc) is 3.42. The molecule has 1 aromatic heterocycles. The van der Waals surface area contributed by atoms with E-state index in [0.717, 1.165) is 4.47 Å². The van der Waals surface area contributed by atoms with Crippen LogP contribution in [0.5, 0.6) is 11.5 Å². The third-order valence-electron chi connectivity index (χ3n) is 5.77. The second-order valence-corrected chi connectivity index (χ2v) is 10.0. The first kappa shape index (κ1) is 24.5. The van der Waals surface area contributed by atoms with Crippen molar-refractivity contribution < 1.29 is 28.7 Å². The summed E-state index contributed by atoms with van der Waals surface area (Å²) in [5.41, 5.74) is 0.493. The van der Waals surface area contributed by atoms with E-state index in [2.05, 4.69) is 21.1 Å². The Hall–Kier alpha value is -3.59. The van der Waals surface area contributed by atoms with Crippen LogP contribution in [0.25, 0.3) is 5.76 Å². The van der Waals surface area contributed by atoms with Crippen molar-refractivity contribution in [3.05, 3.63) is 75.5 Å². The van der Waals surface area contributed by atoms with E-state index in [1.165, 1.54) is 19.1 Å². The number of aliphatic hydroxyl groups excluding tert-OH is 1. The Morgan fingerprint density at radius 2 is 1.69 bits per heavy atom. The molecule has 9 heteroatoms. The van der Waals surface area contributed by atoms with Gasteiger partial charge in [-0.2, -0.15) is 0 Å². The number of carbonyl (C=O) groups excluding carboxylic acids is 2. The molecular formula is C26H25BrN2O6. The number of benzene rings is 2. The fourth-order valence-electron chi connectivity index (χ4n) is 3.90. The van der Waals surface area contributed by atoms with Crippen LogP contribution in [-0.4, -0.2) is 36.2 Å². The Labute approximate surface area is 211 Å². The Kier molecular flexibility index (Phi) is 6.46. The lowest BCUT2D eigenvalue weighted by atomic mass is 9.93. The first-order valence-electron chi connectivity index (χ1n) is 10.8. The number of rotatable bonds is 5. The van der Waals surface area contributed by atoms with E-state index in [-0.39, 0.29) is 22.6 Å². The zero-order valence-corrected chi connectivity index (χ0v) is 21.5. The molecule has 182 valence electrons. The summed E-state index contributed by atoms with van der Waals surface area (Å²) < 4.78 is 17.1. The minimum absolute atomic E-state index is 0.0650. The normalized spacial score (nSPS) is 17.7. The van der Waals surface area contributed by atoms with Crippen molar-refractivity contribution >= 4 is 39.2 Å². The van der Waals surface area contributed by atoms with E-state index in [1.807, 2.05) is 20.8 Å². The van der Waals surface area contributed by atoms with Gasteiger partial charge in [-0.15, -0.1) is 0 Å². The fourth-order valence-corrected chi connectivity index (χ4v) is 4.17. The van der Waals surface area contributed by atoms with Crippen molar-refractivity contribution in [2.75, 3.05) is 19.1 Å². The van der Waals surface area contributed by atoms with Crippen LogP contribution in [0, 0.1) is 0 Å². The van der Waals surface area contributed by atoms with Gasteiger partial charge in [-0.3, -0.25) is 14.5 Å². The predicted molar refractivity (Wildman–Crippen MR) is 134 cm³/mol. The van der Waals surface area contributed by atoms with E-state index in [1.54, 1.807) is 48.5 Å². The molecule has 3 aromatic rings. The van der Waals surface area contributed by atoms with Crippen LogP contribution in [0.15, 0.2) is 63.1 Å². The summed E-state index contributed by atoms with van der Waals surface area (Å²) in [5, 5.41) is 15.3. The van der Waals surface area contributed by atoms with E-state index >= 15 is 0 Å². The smallest absolute Gasteiger partial charge is 0.301 e. The van der Waals surface area contributed by atoms with Gasteiger partial charge < -0.3 is 19.1 Å². The summed E-state index contributed by atoms with van der Waals surface area (Å²) in [6, 6.07) is 12.5. The lowest BCUT2D eigenvalue weighted by Gasteiger charge is -2.23. The number of ether oxygens (including phenoxy) is 2. The predicted octanol–water partition coefficient (Wildman–Crippen LogP) is 5.38. The second kappa shape index (κ2) is 9.22. The molecule has 35 heavy (non-hydrogen) atoms. The molecule has 1 fully saturated rings. The van der Waals surface area contributed by atoms with E-state index in [0.29, 0.717) is 28.4 Å². The zero-order chi connectivity index (χ0) is 25.5. The molecular weight excluding hydrogens is 516 g/mol. The van der Waals surface area contributed by atoms with Crippen LogP contribution >= 0.6 is 15.9 Å². The minimum atomic E-state index is -0.976. The van der Waals surface area contributed by atoms with Crippen LogP contribution in [0.3, 0.4) is 0 Å². The van der Waals surface area contributed by atoms with Gasteiger partial charge in [0.15, 0.2) is 17.3 Å². The Morgan fingerprint density at radius 1 is 1.03 bits per heavy atom. The average molecular weight is 541 g/mol. The maximum Gasteiger partial charge on any atom is 0.301 e. The third-order valence-corrected chi connectivity index (χ3v) is 6.30. The monoisotopic (exact) mass is 540 g/mol. The van der Waals surface area contributed by atoms with Gasteiger partial charge in [0.05, 0.1) is 25.8 Å². The molecule has 1 atom stereocenters. The highest BCUT2D eigenvalue weighted by atomic mass is 79.9. The van der Waals surface area contributed by atoms with Crippen molar-refractivity contribution in [1.29, 1.82) is 0 Å². The Bertz CT molecular complexity index is 1320. The number of nitrogens with zero attached hydrogens (tertiary/aromatic N) is 2. The molecule has 1 saturated heterocycles. The molecule has 0 spiro atoms. The summed E-state index contributed by atoms with van der Waals surface area (Å²) >= 11 is 3.36. The van der Waals surface area contributed by atoms with Crippen LogP contribution in [0.4, 0.5) is 5.82 Å². The van der Waals surface area contributed by atoms with Crippen LogP contribution in [-0.2, 0) is 15.0 Å². The van der Waals surface area contributed by atoms with Gasteiger partial charge in [0.2, 0.25) is 0 Å². The van der Waals surface area contributed by atoms with Crippen molar-refractivity contribution in [3.8, 4) is 11.5 Å². The number of Topliss-reactive ketones (excluding diaryl/α,β-unsaturated/α-hetero) is 1. The maximum absolute atomic E-state index is 13.3.